The average Bonchev–Trinajstić information content (AvgIpc) is 3.06. The molecule has 0 atom stereocenters. The van der Waals surface area contributed by atoms with Crippen LogP contribution in [0, 0.1) is 18.3 Å². The highest BCUT2D eigenvalue weighted by molar-refractivity contribution is 5.86. The molecule has 0 unspecified atom stereocenters. The normalized spacial score (nSPS) is 16.1. The molecule has 0 aliphatic carbocycles. The summed E-state index contributed by atoms with van der Waals surface area (Å²) in [5.74, 6) is 1.20. The average molecular weight is 361 g/mol. The van der Waals surface area contributed by atoms with E-state index in [1.807, 2.05) is 18.2 Å². The highest BCUT2D eigenvalue weighted by atomic mass is 15.3. The van der Waals surface area contributed by atoms with Crippen molar-refractivity contribution < 1.29 is 0 Å². The Hall–Kier alpha value is -2.58. The number of nitriles is 1. The summed E-state index contributed by atoms with van der Waals surface area (Å²) in [6, 6.07) is 11.1. The fourth-order valence-corrected chi connectivity index (χ4v) is 4.51. The van der Waals surface area contributed by atoms with Gasteiger partial charge < -0.3 is 9.80 Å². The van der Waals surface area contributed by atoms with Crippen molar-refractivity contribution in [2.24, 2.45) is 0 Å². The van der Waals surface area contributed by atoms with E-state index in [0.29, 0.717) is 11.6 Å². The second kappa shape index (κ2) is 6.86. The minimum absolute atomic E-state index is 0.503. The molecule has 1 saturated heterocycles. The highest BCUT2D eigenvalue weighted by Gasteiger charge is 2.27. The van der Waals surface area contributed by atoms with Crippen LogP contribution in [0.3, 0.4) is 0 Å². The Bertz CT molecular complexity index is 1030. The Morgan fingerprint density at radius 1 is 1.26 bits per heavy atom. The Morgan fingerprint density at radius 3 is 2.63 bits per heavy atom. The molecule has 140 valence electrons. The van der Waals surface area contributed by atoms with Gasteiger partial charge in [0, 0.05) is 13.1 Å². The van der Waals surface area contributed by atoms with Crippen LogP contribution in [-0.2, 0) is 6.42 Å². The predicted molar refractivity (Wildman–Crippen MR) is 110 cm³/mol. The third kappa shape index (κ3) is 2.76. The Kier molecular flexibility index (Phi) is 4.53. The summed E-state index contributed by atoms with van der Waals surface area (Å²) >= 11 is 0. The van der Waals surface area contributed by atoms with Crippen LogP contribution in [0.25, 0.3) is 16.7 Å². The second-order valence-corrected chi connectivity index (χ2v) is 7.67. The van der Waals surface area contributed by atoms with Gasteiger partial charge in [-0.1, -0.05) is 19.1 Å². The van der Waals surface area contributed by atoms with Crippen LogP contribution in [0.1, 0.15) is 36.5 Å². The van der Waals surface area contributed by atoms with Crippen LogP contribution in [-0.4, -0.2) is 47.5 Å². The van der Waals surface area contributed by atoms with E-state index in [4.69, 9.17) is 4.98 Å². The van der Waals surface area contributed by atoms with Crippen molar-refractivity contribution in [1.29, 1.82) is 5.26 Å². The lowest BCUT2D eigenvalue weighted by Crippen LogP contribution is -2.43. The third-order valence-electron chi connectivity index (χ3n) is 6.13. The van der Waals surface area contributed by atoms with Crippen LogP contribution in [0.2, 0.25) is 0 Å². The maximum Gasteiger partial charge on any atom is 0.157 e. The molecule has 0 spiro atoms. The van der Waals surface area contributed by atoms with E-state index in [2.05, 4.69) is 54.3 Å². The molecular formula is C22H27N5. The summed E-state index contributed by atoms with van der Waals surface area (Å²) in [5, 5.41) is 9.85. The van der Waals surface area contributed by atoms with Crippen LogP contribution in [0.15, 0.2) is 24.3 Å². The zero-order chi connectivity index (χ0) is 19.1. The fraction of sp³-hybridized carbons (Fsp3) is 0.455. The van der Waals surface area contributed by atoms with Crippen molar-refractivity contribution in [2.75, 3.05) is 32.1 Å². The second-order valence-electron chi connectivity index (χ2n) is 7.67. The topological polar surface area (TPSA) is 47.6 Å². The van der Waals surface area contributed by atoms with Crippen molar-refractivity contribution in [2.45, 2.75) is 39.2 Å². The highest BCUT2D eigenvalue weighted by Crippen LogP contribution is 2.34. The van der Waals surface area contributed by atoms with Gasteiger partial charge >= 0.3 is 0 Å². The van der Waals surface area contributed by atoms with Crippen molar-refractivity contribution in [1.82, 2.24) is 14.3 Å². The third-order valence-corrected chi connectivity index (χ3v) is 6.13. The molecule has 0 radical (unpaired) electrons. The summed E-state index contributed by atoms with van der Waals surface area (Å²) in [6.07, 6.45) is 3.21. The van der Waals surface area contributed by atoms with Gasteiger partial charge in [-0.05, 0) is 69.6 Å². The van der Waals surface area contributed by atoms with E-state index in [9.17, 15) is 5.26 Å². The van der Waals surface area contributed by atoms with E-state index in [1.54, 1.807) is 0 Å². The van der Waals surface area contributed by atoms with E-state index >= 15 is 0 Å². The summed E-state index contributed by atoms with van der Waals surface area (Å²) in [4.78, 5) is 9.67. The number of pyridine rings is 1. The molecule has 27 heavy (non-hydrogen) atoms. The molecular weight excluding hydrogens is 334 g/mol. The lowest BCUT2D eigenvalue weighted by molar-refractivity contribution is 0.252. The van der Waals surface area contributed by atoms with Crippen molar-refractivity contribution >= 4 is 22.5 Å². The number of para-hydroxylation sites is 2. The van der Waals surface area contributed by atoms with E-state index in [1.165, 1.54) is 11.4 Å². The Labute approximate surface area is 160 Å². The van der Waals surface area contributed by atoms with Crippen molar-refractivity contribution in [3.63, 3.8) is 0 Å². The van der Waals surface area contributed by atoms with Crippen LogP contribution < -0.4 is 4.90 Å². The molecule has 1 aliphatic heterocycles. The fourth-order valence-electron chi connectivity index (χ4n) is 4.51. The zero-order valence-electron chi connectivity index (χ0n) is 16.7. The molecule has 3 heterocycles. The van der Waals surface area contributed by atoms with E-state index in [-0.39, 0.29) is 0 Å². The van der Waals surface area contributed by atoms with E-state index < -0.39 is 0 Å². The Morgan fingerprint density at radius 2 is 1.96 bits per heavy atom. The minimum Gasteiger partial charge on any atom is -0.357 e. The SMILES string of the molecule is CCc1c(C)c(C#N)c2nc3ccccc3n2c1N(C)C1CCN(C)CC1. The van der Waals surface area contributed by atoms with Crippen molar-refractivity contribution in [3.8, 4) is 6.07 Å². The van der Waals surface area contributed by atoms with Crippen LogP contribution in [0.5, 0.6) is 0 Å². The molecule has 1 aliphatic rings. The molecule has 0 saturated carbocycles. The maximum atomic E-state index is 9.85. The summed E-state index contributed by atoms with van der Waals surface area (Å²) in [6.45, 7) is 6.50. The lowest BCUT2D eigenvalue weighted by atomic mass is 9.99. The largest absolute Gasteiger partial charge is 0.357 e. The number of aromatic nitrogens is 2. The number of hydrogen-bond donors (Lipinski definition) is 0. The molecule has 4 rings (SSSR count). The molecule has 3 aromatic rings. The van der Waals surface area contributed by atoms with Gasteiger partial charge in [-0.3, -0.25) is 4.40 Å². The molecule has 0 N–H and O–H groups in total. The monoisotopic (exact) mass is 361 g/mol. The van der Waals surface area contributed by atoms with Gasteiger partial charge in [-0.15, -0.1) is 0 Å². The smallest absolute Gasteiger partial charge is 0.157 e. The Balaban J connectivity index is 2.02. The number of rotatable bonds is 3. The number of piperidine rings is 1. The molecule has 0 amide bonds. The lowest BCUT2D eigenvalue weighted by Gasteiger charge is -2.38. The van der Waals surface area contributed by atoms with Crippen molar-refractivity contribution in [3.05, 3.63) is 41.0 Å². The van der Waals surface area contributed by atoms with Gasteiger partial charge in [0.2, 0.25) is 0 Å². The summed E-state index contributed by atoms with van der Waals surface area (Å²) in [5.41, 5.74) is 5.82. The first-order valence-electron chi connectivity index (χ1n) is 9.80. The number of nitrogens with zero attached hydrogens (tertiary/aromatic N) is 5. The quantitative estimate of drug-likeness (QED) is 0.713. The summed E-state index contributed by atoms with van der Waals surface area (Å²) < 4.78 is 2.22. The van der Waals surface area contributed by atoms with Gasteiger partial charge in [0.15, 0.2) is 5.65 Å². The van der Waals surface area contributed by atoms with Gasteiger partial charge in [0.05, 0.1) is 16.6 Å². The maximum absolute atomic E-state index is 9.85. The standard InChI is InChI=1S/C22H27N5/c1-5-17-15(2)18(14-23)21-24-19-8-6-7-9-20(19)27(21)22(17)26(4)16-10-12-25(3)13-11-16/h6-9,16H,5,10-13H2,1-4H3. The number of hydrogen-bond acceptors (Lipinski definition) is 4. The van der Waals surface area contributed by atoms with Gasteiger partial charge in [0.25, 0.3) is 0 Å². The van der Waals surface area contributed by atoms with Crippen LogP contribution >= 0.6 is 0 Å². The van der Waals surface area contributed by atoms with Gasteiger partial charge in [0.1, 0.15) is 11.9 Å². The first kappa shape index (κ1) is 17.8. The molecule has 2 aromatic heterocycles. The number of likely N-dealkylation sites (tertiary alicyclic amines) is 1. The number of benzene rings is 1. The first-order valence-corrected chi connectivity index (χ1v) is 9.80. The first-order chi connectivity index (χ1) is 13.1. The zero-order valence-corrected chi connectivity index (χ0v) is 16.7. The van der Waals surface area contributed by atoms with Gasteiger partial charge in [-0.2, -0.15) is 5.26 Å². The summed E-state index contributed by atoms with van der Waals surface area (Å²) in [7, 11) is 4.41. The minimum atomic E-state index is 0.503. The van der Waals surface area contributed by atoms with E-state index in [0.717, 1.165) is 54.6 Å². The number of fused-ring (bicyclic) bond motifs is 3. The molecule has 1 fully saturated rings. The molecule has 5 heteroatoms. The molecule has 0 bridgehead atoms. The number of anilines is 1. The van der Waals surface area contributed by atoms with Gasteiger partial charge in [-0.25, -0.2) is 4.98 Å². The number of imidazole rings is 1. The molecule has 1 aromatic carbocycles. The molecule has 5 nitrogen and oxygen atoms in total. The van der Waals surface area contributed by atoms with Crippen LogP contribution in [0.4, 0.5) is 5.82 Å². The predicted octanol–water partition coefficient (Wildman–Crippen LogP) is 3.76.